The molecule has 10 heteroatoms. The van der Waals surface area contributed by atoms with Crippen LogP contribution in [0.15, 0.2) is 18.2 Å². The summed E-state index contributed by atoms with van der Waals surface area (Å²) in [6, 6.07) is 5.06. The summed E-state index contributed by atoms with van der Waals surface area (Å²) in [5, 5.41) is 9.86. The Balaban J connectivity index is 1.61. The number of rotatable bonds is 4. The number of β-amino-alcohol motifs (C(OH)–C–C–N with tert-alkyl or cyclic N) is 1. The number of nitrogens with one attached hydrogen (secondary N) is 1. The van der Waals surface area contributed by atoms with Gasteiger partial charge >= 0.3 is 0 Å². The smallest absolute Gasteiger partial charge is 0.290 e. The number of aliphatic hydroxyl groups is 1. The van der Waals surface area contributed by atoms with E-state index in [2.05, 4.69) is 14.7 Å². The zero-order valence-electron chi connectivity index (χ0n) is 17.3. The summed E-state index contributed by atoms with van der Waals surface area (Å²) in [7, 11) is -3.38. The molecule has 1 aromatic heterocycles. The van der Waals surface area contributed by atoms with E-state index in [1.165, 1.54) is 0 Å². The number of fused-ring (bicyclic) bond motifs is 2. The van der Waals surface area contributed by atoms with Crippen molar-refractivity contribution in [2.75, 3.05) is 17.7 Å². The number of aryl methyl sites for hydroxylation is 1. The first-order valence-electron chi connectivity index (χ1n) is 10.4. The SMILES string of the molecule is C[C@H]1[C@H](O)CN1c1nc(-c2ccc3c(c2)C(NS(C)(=O)=O)CC3)c2c(n1)C(F)(F)CC2. The molecule has 2 aliphatic carbocycles. The molecule has 5 rings (SSSR count). The molecule has 0 bridgehead atoms. The van der Waals surface area contributed by atoms with Gasteiger partial charge in [0.25, 0.3) is 5.92 Å². The van der Waals surface area contributed by atoms with Crippen molar-refractivity contribution in [3.63, 3.8) is 0 Å². The van der Waals surface area contributed by atoms with Gasteiger partial charge in [-0.3, -0.25) is 0 Å². The van der Waals surface area contributed by atoms with Gasteiger partial charge in [0.2, 0.25) is 16.0 Å². The van der Waals surface area contributed by atoms with E-state index in [1.807, 2.05) is 18.2 Å². The Morgan fingerprint density at radius 2 is 2.03 bits per heavy atom. The van der Waals surface area contributed by atoms with E-state index in [4.69, 9.17) is 0 Å². The maximum Gasteiger partial charge on any atom is 0.290 e. The van der Waals surface area contributed by atoms with Crippen molar-refractivity contribution in [2.24, 2.45) is 0 Å². The zero-order valence-corrected chi connectivity index (χ0v) is 18.1. The minimum Gasteiger partial charge on any atom is -0.389 e. The molecule has 1 aliphatic heterocycles. The predicted molar refractivity (Wildman–Crippen MR) is 112 cm³/mol. The van der Waals surface area contributed by atoms with Crippen LogP contribution in [-0.4, -0.2) is 48.4 Å². The molecule has 2 aromatic rings. The standard InChI is InChI=1S/C21H24F2N4O3S/c1-11-17(28)10-27(11)20-24-18(14-7-8-21(22,23)19(14)25-20)13-4-3-12-5-6-16(15(12)9-13)26-31(2,29)30/h3-4,9,11,16-17,26,28H,5-8,10H2,1-2H3/t11-,16?,17+/m0/s1. The highest BCUT2D eigenvalue weighted by atomic mass is 32.2. The van der Waals surface area contributed by atoms with Crippen molar-refractivity contribution in [3.05, 3.63) is 40.6 Å². The van der Waals surface area contributed by atoms with Crippen LogP contribution in [0, 0.1) is 0 Å². The number of aliphatic hydroxyl groups excluding tert-OH is 1. The molecule has 1 aromatic carbocycles. The Kier molecular flexibility index (Phi) is 4.62. The maximum absolute atomic E-state index is 14.6. The number of aromatic nitrogens is 2. The number of benzene rings is 1. The molecule has 1 fully saturated rings. The maximum atomic E-state index is 14.6. The molecule has 31 heavy (non-hydrogen) atoms. The van der Waals surface area contributed by atoms with E-state index in [-0.39, 0.29) is 36.6 Å². The molecular weight excluding hydrogens is 426 g/mol. The zero-order chi connectivity index (χ0) is 22.1. The number of nitrogens with zero attached hydrogens (tertiary/aromatic N) is 3. The fourth-order valence-electron chi connectivity index (χ4n) is 4.76. The van der Waals surface area contributed by atoms with Gasteiger partial charge in [-0.05, 0) is 43.4 Å². The minimum atomic E-state index is -3.38. The Morgan fingerprint density at radius 1 is 1.26 bits per heavy atom. The van der Waals surface area contributed by atoms with Crippen molar-refractivity contribution in [1.82, 2.24) is 14.7 Å². The molecule has 0 saturated carbocycles. The first kappa shape index (κ1) is 20.7. The average molecular weight is 451 g/mol. The third-order valence-corrected chi connectivity index (χ3v) is 7.29. The minimum absolute atomic E-state index is 0.179. The Bertz CT molecular complexity index is 1170. The van der Waals surface area contributed by atoms with Crippen LogP contribution in [0.4, 0.5) is 14.7 Å². The molecule has 1 saturated heterocycles. The topological polar surface area (TPSA) is 95.4 Å². The van der Waals surface area contributed by atoms with Crippen molar-refractivity contribution in [1.29, 1.82) is 0 Å². The summed E-state index contributed by atoms with van der Waals surface area (Å²) < 4.78 is 55.4. The van der Waals surface area contributed by atoms with Crippen molar-refractivity contribution in [2.45, 2.75) is 56.7 Å². The summed E-state index contributed by atoms with van der Waals surface area (Å²) in [5.74, 6) is -2.83. The second-order valence-corrected chi connectivity index (χ2v) is 10.5. The van der Waals surface area contributed by atoms with Crippen LogP contribution < -0.4 is 9.62 Å². The fraction of sp³-hybridized carbons (Fsp3) is 0.524. The van der Waals surface area contributed by atoms with E-state index in [0.717, 1.165) is 23.8 Å². The first-order chi connectivity index (χ1) is 14.5. The van der Waals surface area contributed by atoms with E-state index in [9.17, 15) is 22.3 Å². The van der Waals surface area contributed by atoms with Gasteiger partial charge in [-0.2, -0.15) is 8.78 Å². The quantitative estimate of drug-likeness (QED) is 0.742. The monoisotopic (exact) mass is 450 g/mol. The van der Waals surface area contributed by atoms with Gasteiger partial charge in [-0.25, -0.2) is 23.1 Å². The van der Waals surface area contributed by atoms with Crippen LogP contribution in [0.3, 0.4) is 0 Å². The van der Waals surface area contributed by atoms with Gasteiger partial charge in [0.1, 0.15) is 5.69 Å². The molecule has 2 heterocycles. The van der Waals surface area contributed by atoms with E-state index >= 15 is 0 Å². The number of hydrogen-bond acceptors (Lipinski definition) is 6. The lowest BCUT2D eigenvalue weighted by atomic mass is 9.99. The molecule has 1 unspecified atom stereocenters. The lowest BCUT2D eigenvalue weighted by Gasteiger charge is -2.43. The number of alkyl halides is 2. The largest absolute Gasteiger partial charge is 0.389 e. The highest BCUT2D eigenvalue weighted by Crippen LogP contribution is 2.45. The van der Waals surface area contributed by atoms with E-state index < -0.39 is 22.0 Å². The molecule has 7 nitrogen and oxygen atoms in total. The number of hydrogen-bond donors (Lipinski definition) is 2. The van der Waals surface area contributed by atoms with E-state index in [1.54, 1.807) is 11.8 Å². The summed E-state index contributed by atoms with van der Waals surface area (Å²) in [4.78, 5) is 10.6. The third-order valence-electron chi connectivity index (χ3n) is 6.57. The van der Waals surface area contributed by atoms with Gasteiger partial charge < -0.3 is 10.0 Å². The Morgan fingerprint density at radius 3 is 2.71 bits per heavy atom. The van der Waals surface area contributed by atoms with Crippen LogP contribution in [0.25, 0.3) is 11.3 Å². The second kappa shape index (κ2) is 6.91. The molecule has 0 radical (unpaired) electrons. The lowest BCUT2D eigenvalue weighted by molar-refractivity contribution is -0.00603. The Labute approximate surface area is 179 Å². The first-order valence-corrected chi connectivity index (χ1v) is 12.3. The van der Waals surface area contributed by atoms with Crippen molar-refractivity contribution in [3.8, 4) is 11.3 Å². The predicted octanol–water partition coefficient (Wildman–Crippen LogP) is 2.29. The van der Waals surface area contributed by atoms with Crippen LogP contribution in [-0.2, 0) is 28.8 Å². The van der Waals surface area contributed by atoms with Gasteiger partial charge in [0.05, 0.1) is 24.1 Å². The van der Waals surface area contributed by atoms with Crippen molar-refractivity contribution >= 4 is 16.0 Å². The molecule has 3 atom stereocenters. The van der Waals surface area contributed by atoms with Gasteiger partial charge in [-0.1, -0.05) is 12.1 Å². The molecule has 3 aliphatic rings. The molecule has 166 valence electrons. The fourth-order valence-corrected chi connectivity index (χ4v) is 5.53. The summed E-state index contributed by atoms with van der Waals surface area (Å²) in [6.45, 7) is 2.11. The number of anilines is 1. The summed E-state index contributed by atoms with van der Waals surface area (Å²) in [5.41, 5.74) is 3.22. The molecular formula is C21H24F2N4O3S. The Hall–Kier alpha value is -2.17. The normalized spacial score (nSPS) is 26.5. The highest BCUT2D eigenvalue weighted by molar-refractivity contribution is 7.88. The highest BCUT2D eigenvalue weighted by Gasteiger charge is 2.45. The average Bonchev–Trinajstić information content (AvgIpc) is 3.24. The van der Waals surface area contributed by atoms with Gasteiger partial charge in [0.15, 0.2) is 0 Å². The molecule has 0 amide bonds. The lowest BCUT2D eigenvalue weighted by Crippen LogP contribution is -2.59. The van der Waals surface area contributed by atoms with Crippen LogP contribution in [0.2, 0.25) is 0 Å². The van der Waals surface area contributed by atoms with Gasteiger partial charge in [-0.15, -0.1) is 0 Å². The summed E-state index contributed by atoms with van der Waals surface area (Å²) in [6.07, 6.45) is 1.86. The van der Waals surface area contributed by atoms with Crippen molar-refractivity contribution < 1.29 is 22.3 Å². The third kappa shape index (κ3) is 3.50. The van der Waals surface area contributed by atoms with Crippen LogP contribution in [0.1, 0.15) is 48.2 Å². The second-order valence-electron chi connectivity index (χ2n) is 8.76. The van der Waals surface area contributed by atoms with Crippen LogP contribution in [0.5, 0.6) is 0 Å². The summed E-state index contributed by atoms with van der Waals surface area (Å²) >= 11 is 0. The number of halogens is 2. The van der Waals surface area contributed by atoms with Gasteiger partial charge in [0, 0.05) is 30.1 Å². The molecule has 0 spiro atoms. The number of sulfonamides is 1. The molecule has 2 N–H and O–H groups in total. The van der Waals surface area contributed by atoms with Crippen LogP contribution >= 0.6 is 0 Å². The van der Waals surface area contributed by atoms with E-state index in [0.29, 0.717) is 29.8 Å².